The van der Waals surface area contributed by atoms with Gasteiger partial charge in [-0.25, -0.2) is 9.59 Å². The van der Waals surface area contributed by atoms with Gasteiger partial charge in [0.25, 0.3) is 5.91 Å². The normalized spacial score (nSPS) is 11.4. The van der Waals surface area contributed by atoms with Crippen molar-refractivity contribution in [1.82, 2.24) is 20.1 Å². The van der Waals surface area contributed by atoms with E-state index in [1.807, 2.05) is 0 Å². The van der Waals surface area contributed by atoms with Crippen molar-refractivity contribution in [2.75, 3.05) is 32.8 Å². The molecule has 0 saturated heterocycles. The van der Waals surface area contributed by atoms with Gasteiger partial charge in [0, 0.05) is 12.6 Å². The number of thiophene rings is 1. The SMILES string of the molecule is CCOC(=O)c1sc(NC(=O)[C@H](C)Sc2nnc(CNC(=O)c3ccc(OC)c(OC)c3)n2C)c(C(=O)OCC)c1C. The average Bonchev–Trinajstić information content (AvgIpc) is 3.49. The van der Waals surface area contributed by atoms with E-state index < -0.39 is 23.1 Å². The van der Waals surface area contributed by atoms with Gasteiger partial charge in [-0.05, 0) is 51.5 Å². The first-order chi connectivity index (χ1) is 20.1. The zero-order valence-electron chi connectivity index (χ0n) is 24.4. The summed E-state index contributed by atoms with van der Waals surface area (Å²) in [6, 6.07) is 4.83. The number of ether oxygens (including phenoxy) is 4. The molecule has 1 atom stereocenters. The smallest absolute Gasteiger partial charge is 0.348 e. The molecule has 0 spiro atoms. The van der Waals surface area contributed by atoms with Crippen LogP contribution in [-0.2, 0) is 27.9 Å². The Balaban J connectivity index is 1.69. The number of nitrogens with zero attached hydrogens (tertiary/aromatic N) is 3. The van der Waals surface area contributed by atoms with E-state index in [1.54, 1.807) is 57.5 Å². The first-order valence-electron chi connectivity index (χ1n) is 12.9. The maximum Gasteiger partial charge on any atom is 0.348 e. The Morgan fingerprint density at radius 1 is 1.02 bits per heavy atom. The van der Waals surface area contributed by atoms with Crippen molar-refractivity contribution in [1.29, 1.82) is 0 Å². The van der Waals surface area contributed by atoms with Crippen LogP contribution in [0.2, 0.25) is 0 Å². The van der Waals surface area contributed by atoms with Crippen LogP contribution in [0.25, 0.3) is 0 Å². The minimum Gasteiger partial charge on any atom is -0.493 e. The van der Waals surface area contributed by atoms with E-state index in [9.17, 15) is 19.2 Å². The molecule has 3 aromatic rings. The number of aromatic nitrogens is 3. The fraction of sp³-hybridized carbons (Fsp3) is 0.407. The summed E-state index contributed by atoms with van der Waals surface area (Å²) >= 11 is 2.09. The Labute approximate surface area is 251 Å². The van der Waals surface area contributed by atoms with Gasteiger partial charge in [0.2, 0.25) is 5.91 Å². The highest BCUT2D eigenvalue weighted by Crippen LogP contribution is 2.35. The highest BCUT2D eigenvalue weighted by Gasteiger charge is 2.29. The molecule has 0 unspecified atom stereocenters. The van der Waals surface area contributed by atoms with Gasteiger partial charge in [0.05, 0.1) is 44.8 Å². The Morgan fingerprint density at radius 3 is 2.33 bits per heavy atom. The molecule has 0 saturated carbocycles. The summed E-state index contributed by atoms with van der Waals surface area (Å²) < 4.78 is 22.4. The number of benzene rings is 1. The van der Waals surface area contributed by atoms with Crippen LogP contribution in [0.5, 0.6) is 11.5 Å². The largest absolute Gasteiger partial charge is 0.493 e. The lowest BCUT2D eigenvalue weighted by Gasteiger charge is -2.12. The number of carbonyl (C=O) groups is 4. The molecule has 2 amide bonds. The number of esters is 2. The first kappa shape index (κ1) is 32.4. The summed E-state index contributed by atoms with van der Waals surface area (Å²) in [6.45, 7) is 7.01. The van der Waals surface area contributed by atoms with E-state index in [0.29, 0.717) is 33.6 Å². The Hall–Kier alpha value is -4.11. The molecular formula is C27H33N5O8S2. The van der Waals surface area contributed by atoms with Crippen LogP contribution in [0.3, 0.4) is 0 Å². The van der Waals surface area contributed by atoms with Crippen LogP contribution in [-0.4, -0.2) is 71.2 Å². The monoisotopic (exact) mass is 619 g/mol. The van der Waals surface area contributed by atoms with Crippen molar-refractivity contribution in [2.45, 2.75) is 44.6 Å². The second-order valence-electron chi connectivity index (χ2n) is 8.66. The van der Waals surface area contributed by atoms with Crippen molar-refractivity contribution in [3.63, 3.8) is 0 Å². The lowest BCUT2D eigenvalue weighted by Crippen LogP contribution is -2.25. The summed E-state index contributed by atoms with van der Waals surface area (Å²) in [5.41, 5.74) is 0.869. The molecule has 42 heavy (non-hydrogen) atoms. The molecule has 0 aliphatic carbocycles. The molecule has 2 heterocycles. The van der Waals surface area contributed by atoms with Gasteiger partial charge in [-0.2, -0.15) is 0 Å². The fourth-order valence-corrected chi connectivity index (χ4v) is 5.63. The number of hydrogen-bond acceptors (Lipinski definition) is 12. The lowest BCUT2D eigenvalue weighted by molar-refractivity contribution is -0.115. The number of methoxy groups -OCH3 is 2. The van der Waals surface area contributed by atoms with E-state index in [-0.39, 0.29) is 41.1 Å². The molecule has 0 bridgehead atoms. The second kappa shape index (κ2) is 14.7. The highest BCUT2D eigenvalue weighted by atomic mass is 32.2. The van der Waals surface area contributed by atoms with E-state index >= 15 is 0 Å². The van der Waals surface area contributed by atoms with Crippen LogP contribution >= 0.6 is 23.1 Å². The van der Waals surface area contributed by atoms with Crippen molar-refractivity contribution >= 4 is 51.9 Å². The summed E-state index contributed by atoms with van der Waals surface area (Å²) in [5, 5.41) is 13.8. The Bertz CT molecular complexity index is 1470. The van der Waals surface area contributed by atoms with Gasteiger partial charge in [0.15, 0.2) is 22.5 Å². The van der Waals surface area contributed by atoms with Gasteiger partial charge in [-0.1, -0.05) is 11.8 Å². The number of rotatable bonds is 13. The molecule has 2 N–H and O–H groups in total. The minimum absolute atomic E-state index is 0.0891. The quantitative estimate of drug-likeness (QED) is 0.213. The molecule has 2 aromatic heterocycles. The Morgan fingerprint density at radius 2 is 1.69 bits per heavy atom. The van der Waals surface area contributed by atoms with Crippen LogP contribution in [0.4, 0.5) is 5.00 Å². The van der Waals surface area contributed by atoms with Crippen LogP contribution in [0.1, 0.15) is 62.5 Å². The predicted molar refractivity (Wildman–Crippen MR) is 157 cm³/mol. The van der Waals surface area contributed by atoms with Crippen molar-refractivity contribution in [3.8, 4) is 11.5 Å². The predicted octanol–water partition coefficient (Wildman–Crippen LogP) is 3.60. The minimum atomic E-state index is -0.661. The number of anilines is 1. The fourth-order valence-electron chi connectivity index (χ4n) is 3.71. The van der Waals surface area contributed by atoms with E-state index in [2.05, 4.69) is 20.8 Å². The molecule has 13 nitrogen and oxygen atoms in total. The highest BCUT2D eigenvalue weighted by molar-refractivity contribution is 8.00. The van der Waals surface area contributed by atoms with Crippen LogP contribution in [0.15, 0.2) is 23.4 Å². The third-order valence-corrected chi connectivity index (χ3v) is 8.27. The van der Waals surface area contributed by atoms with Crippen molar-refractivity contribution in [2.24, 2.45) is 7.05 Å². The number of hydrogen-bond donors (Lipinski definition) is 2. The van der Waals surface area contributed by atoms with E-state index in [1.165, 1.54) is 14.2 Å². The van der Waals surface area contributed by atoms with E-state index in [0.717, 1.165) is 23.1 Å². The molecule has 0 radical (unpaired) electrons. The average molecular weight is 620 g/mol. The van der Waals surface area contributed by atoms with Gasteiger partial charge in [0.1, 0.15) is 9.88 Å². The Kier molecular flexibility index (Phi) is 11.3. The zero-order valence-corrected chi connectivity index (χ0v) is 26.0. The number of carbonyl (C=O) groups excluding carboxylic acids is 4. The molecule has 0 fully saturated rings. The van der Waals surface area contributed by atoms with Crippen LogP contribution in [0, 0.1) is 6.92 Å². The second-order valence-corrected chi connectivity index (χ2v) is 11.0. The number of thioether (sulfide) groups is 1. The number of nitrogens with one attached hydrogen (secondary N) is 2. The zero-order chi connectivity index (χ0) is 31.0. The van der Waals surface area contributed by atoms with Crippen molar-refractivity contribution in [3.05, 3.63) is 45.6 Å². The molecule has 15 heteroatoms. The third kappa shape index (κ3) is 7.39. The van der Waals surface area contributed by atoms with Gasteiger partial charge >= 0.3 is 11.9 Å². The summed E-state index contributed by atoms with van der Waals surface area (Å²) in [4.78, 5) is 51.1. The van der Waals surface area contributed by atoms with Crippen molar-refractivity contribution < 1.29 is 38.1 Å². The van der Waals surface area contributed by atoms with Crippen LogP contribution < -0.4 is 20.1 Å². The van der Waals surface area contributed by atoms with E-state index in [4.69, 9.17) is 18.9 Å². The van der Waals surface area contributed by atoms with Gasteiger partial charge in [-0.15, -0.1) is 21.5 Å². The number of amides is 2. The molecule has 226 valence electrons. The standard InChI is InChI=1S/C27H33N5O8S2/c1-8-39-25(35)20-14(3)21(26(36)40-9-2)42-24(20)29-22(33)15(4)41-27-31-30-19(32(27)5)13-28-23(34)16-10-11-17(37-6)18(12-16)38-7/h10-12,15H,8-9,13H2,1-7H3,(H,28,34)(H,29,33)/t15-/m0/s1. The molecule has 0 aliphatic heterocycles. The summed E-state index contributed by atoms with van der Waals surface area (Å²) in [5.74, 6) is -0.590. The molecule has 0 aliphatic rings. The maximum atomic E-state index is 13.1. The molecule has 3 rings (SSSR count). The summed E-state index contributed by atoms with van der Waals surface area (Å²) in [7, 11) is 4.72. The van der Waals surface area contributed by atoms with Gasteiger partial charge in [-0.3, -0.25) is 9.59 Å². The topological polar surface area (TPSA) is 160 Å². The molecule has 1 aromatic carbocycles. The molecular weight excluding hydrogens is 586 g/mol. The van der Waals surface area contributed by atoms with Gasteiger partial charge < -0.3 is 34.1 Å². The maximum absolute atomic E-state index is 13.1. The summed E-state index contributed by atoms with van der Waals surface area (Å²) in [6.07, 6.45) is 0. The third-order valence-electron chi connectivity index (χ3n) is 5.95. The lowest BCUT2D eigenvalue weighted by atomic mass is 10.1. The first-order valence-corrected chi connectivity index (χ1v) is 14.6.